The van der Waals surface area contributed by atoms with Crippen LogP contribution >= 0.6 is 0 Å². The monoisotopic (exact) mass is 349 g/mol. The van der Waals surface area contributed by atoms with Gasteiger partial charge in [0.2, 0.25) is 0 Å². The first-order valence-corrected chi connectivity index (χ1v) is 8.20. The lowest BCUT2D eigenvalue weighted by atomic mass is 9.99. The van der Waals surface area contributed by atoms with Crippen molar-refractivity contribution < 1.29 is 26.0 Å². The first-order valence-electron chi connectivity index (χ1n) is 6.66. The van der Waals surface area contributed by atoms with Crippen molar-refractivity contribution in [3.8, 4) is 0 Å². The van der Waals surface area contributed by atoms with E-state index in [1.54, 1.807) is 6.92 Å². The van der Waals surface area contributed by atoms with Gasteiger partial charge in [0.05, 0.1) is 6.04 Å². The molecule has 0 radical (unpaired) electrons. The molecule has 2 atom stereocenters. The number of sulfone groups is 1. The first kappa shape index (κ1) is 15.9. The normalized spacial score (nSPS) is 21.0. The highest BCUT2D eigenvalue weighted by Crippen LogP contribution is 2.40. The van der Waals surface area contributed by atoms with E-state index in [-0.39, 0.29) is 17.3 Å². The molecule has 1 aromatic carbocycles. The Morgan fingerprint density at radius 3 is 2.65 bits per heavy atom. The molecular formula is C13H11F4N3O2S. The summed E-state index contributed by atoms with van der Waals surface area (Å²) in [6, 6.07) is 2.80. The summed E-state index contributed by atoms with van der Waals surface area (Å²) in [6.45, 7) is 1.68. The van der Waals surface area contributed by atoms with E-state index in [4.69, 9.17) is 0 Å². The Bertz CT molecular complexity index is 866. The molecule has 0 saturated carbocycles. The quantitative estimate of drug-likeness (QED) is 0.799. The van der Waals surface area contributed by atoms with Crippen LogP contribution in [0, 0.1) is 11.6 Å². The number of benzene rings is 1. The van der Waals surface area contributed by atoms with Crippen molar-refractivity contribution in [1.29, 1.82) is 0 Å². The van der Waals surface area contributed by atoms with Crippen LogP contribution in [0.1, 0.15) is 36.7 Å². The zero-order valence-electron chi connectivity index (χ0n) is 11.7. The molecule has 3 rings (SSSR count). The van der Waals surface area contributed by atoms with Gasteiger partial charge in [-0.3, -0.25) is 0 Å². The third-order valence-corrected chi connectivity index (χ3v) is 4.93. The maximum atomic E-state index is 14.0. The molecular weight excluding hydrogens is 338 g/mol. The topological polar surface area (TPSA) is 64.8 Å². The van der Waals surface area contributed by atoms with Crippen LogP contribution in [-0.2, 0) is 9.84 Å². The van der Waals surface area contributed by atoms with Crippen LogP contribution in [0.3, 0.4) is 0 Å². The van der Waals surface area contributed by atoms with E-state index in [0.29, 0.717) is 6.42 Å². The Labute approximate surface area is 128 Å². The Kier molecular flexibility index (Phi) is 3.66. The fourth-order valence-corrected chi connectivity index (χ4v) is 3.24. The van der Waals surface area contributed by atoms with Crippen molar-refractivity contribution in [2.24, 2.45) is 0 Å². The number of halogens is 4. The highest BCUT2D eigenvalue weighted by Gasteiger charge is 2.39. The second-order valence-corrected chi connectivity index (χ2v) is 7.11. The van der Waals surface area contributed by atoms with E-state index in [1.807, 2.05) is 0 Å². The van der Waals surface area contributed by atoms with Crippen LogP contribution in [0.2, 0.25) is 0 Å². The molecule has 0 saturated heterocycles. The van der Waals surface area contributed by atoms with Crippen LogP contribution in [0.4, 0.5) is 17.6 Å². The van der Waals surface area contributed by atoms with E-state index < -0.39 is 38.4 Å². The summed E-state index contributed by atoms with van der Waals surface area (Å²) in [5.74, 6) is -5.96. The van der Waals surface area contributed by atoms with Gasteiger partial charge in [-0.15, -0.1) is 5.10 Å². The lowest BCUT2D eigenvalue weighted by molar-refractivity contribution is 0.233. The van der Waals surface area contributed by atoms with Crippen molar-refractivity contribution in [3.05, 3.63) is 41.2 Å². The minimum absolute atomic E-state index is 0.0264. The van der Waals surface area contributed by atoms with Gasteiger partial charge in [0.25, 0.3) is 15.0 Å². The first-order chi connectivity index (χ1) is 10.7. The number of fused-ring (bicyclic) bond motifs is 1. The van der Waals surface area contributed by atoms with E-state index in [9.17, 15) is 26.0 Å². The van der Waals surface area contributed by atoms with Gasteiger partial charge >= 0.3 is 5.76 Å². The van der Waals surface area contributed by atoms with Crippen LogP contribution in [0.5, 0.6) is 0 Å². The van der Waals surface area contributed by atoms with E-state index in [1.165, 1.54) is 12.1 Å². The predicted molar refractivity (Wildman–Crippen MR) is 70.7 cm³/mol. The smallest absolute Gasteiger partial charge is 0.241 e. The molecule has 0 fully saturated rings. The van der Waals surface area contributed by atoms with Crippen molar-refractivity contribution >= 4 is 9.84 Å². The summed E-state index contributed by atoms with van der Waals surface area (Å²) in [5, 5.41) is 2.61. The van der Waals surface area contributed by atoms with Gasteiger partial charge in [0, 0.05) is 11.5 Å². The minimum atomic E-state index is -4.95. The van der Waals surface area contributed by atoms with E-state index in [2.05, 4.69) is 10.1 Å². The average Bonchev–Trinajstić information content (AvgIpc) is 3.04. The molecule has 1 aliphatic rings. The Morgan fingerprint density at radius 1 is 1.30 bits per heavy atom. The maximum absolute atomic E-state index is 14.0. The molecule has 0 spiro atoms. The molecule has 2 aromatic rings. The third kappa shape index (κ3) is 2.41. The summed E-state index contributed by atoms with van der Waals surface area (Å²) in [5.41, 5.74) is -0.0264. The zero-order chi connectivity index (χ0) is 16.9. The van der Waals surface area contributed by atoms with Gasteiger partial charge in [-0.2, -0.15) is 8.78 Å². The van der Waals surface area contributed by atoms with Crippen LogP contribution < -0.4 is 0 Å². The van der Waals surface area contributed by atoms with Crippen molar-refractivity contribution in [3.63, 3.8) is 0 Å². The molecule has 0 aliphatic carbocycles. The molecule has 23 heavy (non-hydrogen) atoms. The summed E-state index contributed by atoms with van der Waals surface area (Å²) in [6.07, 6.45) is 0.310. The summed E-state index contributed by atoms with van der Waals surface area (Å²) in [7, 11) is -4.95. The van der Waals surface area contributed by atoms with Crippen LogP contribution in [-0.4, -0.2) is 28.9 Å². The van der Waals surface area contributed by atoms with Crippen molar-refractivity contribution in [2.45, 2.75) is 36.2 Å². The second-order valence-electron chi connectivity index (χ2n) is 5.30. The van der Waals surface area contributed by atoms with Gasteiger partial charge in [0.15, 0.2) is 11.6 Å². The number of alkyl halides is 2. The molecule has 10 heteroatoms. The molecule has 1 aliphatic heterocycles. The summed E-state index contributed by atoms with van der Waals surface area (Å²) in [4.78, 5) is 3.66. The average molecular weight is 349 g/mol. The lowest BCUT2D eigenvalue weighted by Crippen LogP contribution is -2.15. The molecule has 0 bridgehead atoms. The Balaban J connectivity index is 2.11. The zero-order valence-corrected chi connectivity index (χ0v) is 12.6. The minimum Gasteiger partial charge on any atom is -0.241 e. The van der Waals surface area contributed by atoms with Gasteiger partial charge in [-0.1, -0.05) is 19.1 Å². The molecule has 0 amide bonds. The second kappa shape index (κ2) is 5.29. The predicted octanol–water partition coefficient (Wildman–Crippen LogP) is 2.65. The molecule has 2 heterocycles. The Morgan fingerprint density at radius 2 is 2.00 bits per heavy atom. The van der Waals surface area contributed by atoms with Gasteiger partial charge in [-0.05, 0) is 12.5 Å². The van der Waals surface area contributed by atoms with Gasteiger partial charge < -0.3 is 0 Å². The number of hydrogen-bond donors (Lipinski definition) is 0. The van der Waals surface area contributed by atoms with Crippen LogP contribution in [0.15, 0.2) is 23.4 Å². The standard InChI is InChI=1S/C13H11F4N3O2S/c1-6-5-9(7-3-2-4-8(14)10(7)15)20-11(6)18-13(19-20)23(21,22)12(16)17/h2-4,6,9,12H,5H2,1H3/t6-,9-/m0/s1. The highest BCUT2D eigenvalue weighted by atomic mass is 32.2. The fraction of sp³-hybridized carbons (Fsp3) is 0.385. The van der Waals surface area contributed by atoms with Crippen molar-refractivity contribution in [2.75, 3.05) is 0 Å². The van der Waals surface area contributed by atoms with Gasteiger partial charge in [-0.25, -0.2) is 26.9 Å². The number of rotatable bonds is 3. The number of nitrogens with zero attached hydrogens (tertiary/aromatic N) is 3. The molecule has 5 nitrogen and oxygen atoms in total. The summed E-state index contributed by atoms with van der Waals surface area (Å²) >= 11 is 0. The van der Waals surface area contributed by atoms with Crippen LogP contribution in [0.25, 0.3) is 0 Å². The maximum Gasteiger partial charge on any atom is 0.344 e. The molecule has 1 aromatic heterocycles. The fourth-order valence-electron chi connectivity index (χ4n) is 2.66. The molecule has 0 N–H and O–H groups in total. The third-order valence-electron chi connectivity index (χ3n) is 3.78. The summed E-state index contributed by atoms with van der Waals surface area (Å²) < 4.78 is 76.6. The van der Waals surface area contributed by atoms with Gasteiger partial charge in [0.1, 0.15) is 5.82 Å². The Hall–Kier alpha value is -1.97. The number of hydrogen-bond acceptors (Lipinski definition) is 4. The van der Waals surface area contributed by atoms with E-state index in [0.717, 1.165) is 10.7 Å². The van der Waals surface area contributed by atoms with E-state index >= 15 is 0 Å². The number of aromatic nitrogens is 3. The highest BCUT2D eigenvalue weighted by molar-refractivity contribution is 7.91. The molecule has 124 valence electrons. The SMILES string of the molecule is C[C@H]1C[C@@H](c2cccc(F)c2F)n2nc(S(=O)(=O)C(F)F)nc21. The largest absolute Gasteiger partial charge is 0.344 e. The molecule has 0 unspecified atom stereocenters. The lowest BCUT2D eigenvalue weighted by Gasteiger charge is -2.13. The van der Waals surface area contributed by atoms with Crippen molar-refractivity contribution in [1.82, 2.24) is 14.8 Å².